The molecule has 0 spiro atoms. The number of carbonyl (C=O) groups excluding carboxylic acids is 2. The van der Waals surface area contributed by atoms with Crippen molar-refractivity contribution in [1.82, 2.24) is 20.4 Å². The fraction of sp³-hybridized carbons (Fsp3) is 0.750. The highest BCUT2D eigenvalue weighted by Crippen LogP contribution is 2.30. The SMILES string of the molecule is CCCCNC(=O)[C@@H]1CCCC[C@@H]1C(=O)NCc1c(C)nn(CC)c1C. The Bertz CT molecular complexity index is 624. The summed E-state index contributed by atoms with van der Waals surface area (Å²) in [5.41, 5.74) is 3.14. The number of carbonyl (C=O) groups is 2. The van der Waals surface area contributed by atoms with E-state index in [0.29, 0.717) is 13.1 Å². The molecule has 2 atom stereocenters. The molecule has 26 heavy (non-hydrogen) atoms. The van der Waals surface area contributed by atoms with Crippen LogP contribution in [-0.4, -0.2) is 28.1 Å². The fourth-order valence-electron chi connectivity index (χ4n) is 3.88. The number of rotatable bonds is 8. The zero-order chi connectivity index (χ0) is 19.1. The minimum absolute atomic E-state index is 0.00314. The Kier molecular flexibility index (Phi) is 7.66. The number of hydrogen-bond donors (Lipinski definition) is 2. The van der Waals surface area contributed by atoms with Gasteiger partial charge in [0.05, 0.1) is 5.69 Å². The standard InChI is InChI=1S/C20H34N4O2/c1-5-7-12-21-19(25)16-10-8-9-11-17(16)20(26)22-13-18-14(3)23-24(6-2)15(18)4/h16-17H,5-13H2,1-4H3,(H,21,25)(H,22,26)/t16-,17+/m1/s1. The highest BCUT2D eigenvalue weighted by Gasteiger charge is 2.35. The first kappa shape index (κ1) is 20.5. The van der Waals surface area contributed by atoms with Gasteiger partial charge in [0.2, 0.25) is 11.8 Å². The third kappa shape index (κ3) is 4.86. The number of hydrogen-bond acceptors (Lipinski definition) is 3. The summed E-state index contributed by atoms with van der Waals surface area (Å²) in [6, 6.07) is 0. The van der Waals surface area contributed by atoms with Crippen molar-refractivity contribution in [2.45, 2.75) is 79.3 Å². The Morgan fingerprint density at radius 3 is 2.23 bits per heavy atom. The second-order valence-electron chi connectivity index (χ2n) is 7.32. The van der Waals surface area contributed by atoms with Crippen LogP contribution in [0, 0.1) is 25.7 Å². The van der Waals surface area contributed by atoms with E-state index in [0.717, 1.165) is 62.0 Å². The minimum atomic E-state index is -0.216. The second-order valence-corrected chi connectivity index (χ2v) is 7.32. The fourth-order valence-corrected chi connectivity index (χ4v) is 3.88. The lowest BCUT2D eigenvalue weighted by Crippen LogP contribution is -2.43. The van der Waals surface area contributed by atoms with Gasteiger partial charge >= 0.3 is 0 Å². The Hall–Kier alpha value is -1.85. The summed E-state index contributed by atoms with van der Waals surface area (Å²) in [4.78, 5) is 25.3. The van der Waals surface area contributed by atoms with Crippen LogP contribution in [0.3, 0.4) is 0 Å². The molecular weight excluding hydrogens is 328 g/mol. The number of aromatic nitrogens is 2. The Morgan fingerprint density at radius 1 is 1.08 bits per heavy atom. The topological polar surface area (TPSA) is 76.0 Å². The van der Waals surface area contributed by atoms with E-state index < -0.39 is 0 Å². The van der Waals surface area contributed by atoms with Crippen molar-refractivity contribution < 1.29 is 9.59 Å². The maximum Gasteiger partial charge on any atom is 0.224 e. The molecule has 1 aliphatic rings. The van der Waals surface area contributed by atoms with E-state index >= 15 is 0 Å². The maximum absolute atomic E-state index is 12.8. The summed E-state index contributed by atoms with van der Waals surface area (Å²) in [7, 11) is 0. The number of nitrogens with one attached hydrogen (secondary N) is 2. The van der Waals surface area contributed by atoms with Crippen molar-refractivity contribution >= 4 is 11.8 Å². The highest BCUT2D eigenvalue weighted by atomic mass is 16.2. The van der Waals surface area contributed by atoms with Gasteiger partial charge in [-0.05, 0) is 40.0 Å². The minimum Gasteiger partial charge on any atom is -0.356 e. The number of nitrogens with zero attached hydrogens (tertiary/aromatic N) is 2. The van der Waals surface area contributed by atoms with Crippen molar-refractivity contribution in [3.8, 4) is 0 Å². The molecule has 0 unspecified atom stereocenters. The third-order valence-electron chi connectivity index (χ3n) is 5.54. The van der Waals surface area contributed by atoms with Gasteiger partial charge in [0.1, 0.15) is 0 Å². The largest absolute Gasteiger partial charge is 0.356 e. The van der Waals surface area contributed by atoms with E-state index in [2.05, 4.69) is 29.6 Å². The molecule has 6 nitrogen and oxygen atoms in total. The van der Waals surface area contributed by atoms with Gasteiger partial charge in [-0.1, -0.05) is 26.2 Å². The van der Waals surface area contributed by atoms with Crippen LogP contribution in [0.4, 0.5) is 0 Å². The third-order valence-corrected chi connectivity index (χ3v) is 5.54. The molecule has 2 amide bonds. The number of aryl methyl sites for hydroxylation is 2. The first-order valence-electron chi connectivity index (χ1n) is 10.1. The summed E-state index contributed by atoms with van der Waals surface area (Å²) >= 11 is 0. The molecule has 6 heteroatoms. The van der Waals surface area contributed by atoms with Gasteiger partial charge in [-0.25, -0.2) is 0 Å². The van der Waals surface area contributed by atoms with Crippen molar-refractivity contribution in [2.75, 3.05) is 6.54 Å². The van der Waals surface area contributed by atoms with Crippen LogP contribution in [0.15, 0.2) is 0 Å². The molecule has 2 N–H and O–H groups in total. The molecule has 1 aromatic heterocycles. The van der Waals surface area contributed by atoms with Crippen LogP contribution in [0.2, 0.25) is 0 Å². The summed E-state index contributed by atoms with van der Waals surface area (Å²) in [6.45, 7) is 10.2. The maximum atomic E-state index is 12.8. The van der Waals surface area contributed by atoms with Crippen LogP contribution < -0.4 is 10.6 Å². The average molecular weight is 363 g/mol. The summed E-state index contributed by atoms with van der Waals surface area (Å²) in [5, 5.41) is 10.6. The van der Waals surface area contributed by atoms with E-state index in [1.165, 1.54) is 0 Å². The Balaban J connectivity index is 1.97. The van der Waals surface area contributed by atoms with Gasteiger partial charge in [0, 0.05) is 42.7 Å². The van der Waals surface area contributed by atoms with E-state index in [4.69, 9.17) is 0 Å². The van der Waals surface area contributed by atoms with Gasteiger partial charge in [0.15, 0.2) is 0 Å². The summed E-state index contributed by atoms with van der Waals surface area (Å²) in [6.07, 6.45) is 5.68. The monoisotopic (exact) mass is 362 g/mol. The van der Waals surface area contributed by atoms with Crippen molar-refractivity contribution in [3.63, 3.8) is 0 Å². The van der Waals surface area contributed by atoms with Crippen molar-refractivity contribution in [1.29, 1.82) is 0 Å². The van der Waals surface area contributed by atoms with Crippen LogP contribution in [0.25, 0.3) is 0 Å². The Labute approximate surface area is 157 Å². The molecule has 2 rings (SSSR count). The second kappa shape index (κ2) is 9.74. The van der Waals surface area contributed by atoms with Crippen LogP contribution >= 0.6 is 0 Å². The lowest BCUT2D eigenvalue weighted by molar-refractivity contribution is -0.136. The molecular formula is C20H34N4O2. The van der Waals surface area contributed by atoms with E-state index in [1.807, 2.05) is 18.5 Å². The van der Waals surface area contributed by atoms with Gasteiger partial charge in [-0.2, -0.15) is 5.10 Å². The average Bonchev–Trinajstić information content (AvgIpc) is 2.93. The molecule has 1 aliphatic carbocycles. The lowest BCUT2D eigenvalue weighted by Gasteiger charge is -2.29. The number of unbranched alkanes of at least 4 members (excludes halogenated alkanes) is 1. The van der Waals surface area contributed by atoms with Gasteiger partial charge in [-0.15, -0.1) is 0 Å². The molecule has 1 fully saturated rings. The quantitative estimate of drug-likeness (QED) is 0.698. The Morgan fingerprint density at radius 2 is 1.69 bits per heavy atom. The molecule has 1 saturated carbocycles. The smallest absolute Gasteiger partial charge is 0.224 e. The lowest BCUT2D eigenvalue weighted by atomic mass is 9.78. The van der Waals surface area contributed by atoms with Gasteiger partial charge in [0.25, 0.3) is 0 Å². The van der Waals surface area contributed by atoms with Gasteiger partial charge in [-0.3, -0.25) is 14.3 Å². The van der Waals surface area contributed by atoms with Gasteiger partial charge < -0.3 is 10.6 Å². The van der Waals surface area contributed by atoms with E-state index in [1.54, 1.807) is 0 Å². The molecule has 0 aliphatic heterocycles. The predicted molar refractivity (Wildman–Crippen MR) is 103 cm³/mol. The van der Waals surface area contributed by atoms with Crippen LogP contribution in [-0.2, 0) is 22.7 Å². The molecule has 1 aromatic rings. The highest BCUT2D eigenvalue weighted by molar-refractivity contribution is 5.87. The zero-order valence-corrected chi connectivity index (χ0v) is 16.7. The summed E-state index contributed by atoms with van der Waals surface area (Å²) < 4.78 is 1.96. The molecule has 0 bridgehead atoms. The molecule has 0 saturated heterocycles. The zero-order valence-electron chi connectivity index (χ0n) is 16.7. The van der Waals surface area contributed by atoms with Crippen LogP contribution in [0.1, 0.15) is 69.3 Å². The predicted octanol–water partition coefficient (Wildman–Crippen LogP) is 2.86. The van der Waals surface area contributed by atoms with Crippen molar-refractivity contribution in [2.24, 2.45) is 11.8 Å². The normalized spacial score (nSPS) is 20.0. The first-order chi connectivity index (χ1) is 12.5. The van der Waals surface area contributed by atoms with Crippen LogP contribution in [0.5, 0.6) is 0 Å². The first-order valence-corrected chi connectivity index (χ1v) is 10.1. The molecule has 1 heterocycles. The molecule has 146 valence electrons. The van der Waals surface area contributed by atoms with Crippen molar-refractivity contribution in [3.05, 3.63) is 17.0 Å². The molecule has 0 radical (unpaired) electrons. The van der Waals surface area contributed by atoms with E-state index in [9.17, 15) is 9.59 Å². The number of amides is 2. The summed E-state index contributed by atoms with van der Waals surface area (Å²) in [5.74, 6) is -0.360. The van der Waals surface area contributed by atoms with E-state index in [-0.39, 0.29) is 23.7 Å². The molecule has 0 aromatic carbocycles.